The van der Waals surface area contributed by atoms with Crippen LogP contribution in [0.4, 0.5) is 0 Å². The van der Waals surface area contributed by atoms with Crippen molar-refractivity contribution in [3.05, 3.63) is 71.8 Å². The highest BCUT2D eigenvalue weighted by molar-refractivity contribution is 6.10. The van der Waals surface area contributed by atoms with E-state index >= 15 is 0 Å². The molecule has 4 heteroatoms. The van der Waals surface area contributed by atoms with E-state index in [0.29, 0.717) is 6.54 Å². The molecule has 134 valence electrons. The quantitative estimate of drug-likeness (QED) is 0.801. The molecule has 0 aliphatic carbocycles. The molecule has 2 aromatic rings. The fourth-order valence-corrected chi connectivity index (χ4v) is 4.43. The lowest BCUT2D eigenvalue weighted by molar-refractivity contribution is -0.143. The van der Waals surface area contributed by atoms with Gasteiger partial charge in [0.2, 0.25) is 11.8 Å². The molecule has 0 N–H and O–H groups in total. The summed E-state index contributed by atoms with van der Waals surface area (Å²) in [7, 11) is 2.08. The van der Waals surface area contributed by atoms with Gasteiger partial charge in [0.25, 0.3) is 0 Å². The number of amides is 2. The molecule has 2 aliphatic rings. The highest BCUT2D eigenvalue weighted by atomic mass is 16.2. The van der Waals surface area contributed by atoms with Crippen LogP contribution in [-0.2, 0) is 16.1 Å². The number of carbonyl (C=O) groups is 2. The lowest BCUT2D eigenvalue weighted by atomic mass is 9.67. The Kier molecular flexibility index (Phi) is 4.37. The van der Waals surface area contributed by atoms with E-state index in [4.69, 9.17) is 0 Å². The molecule has 2 aromatic carbocycles. The van der Waals surface area contributed by atoms with E-state index in [1.54, 1.807) is 0 Å². The first-order valence-corrected chi connectivity index (χ1v) is 9.25. The molecule has 0 radical (unpaired) electrons. The van der Waals surface area contributed by atoms with Crippen molar-refractivity contribution in [3.63, 3.8) is 0 Å². The van der Waals surface area contributed by atoms with Gasteiger partial charge in [-0.1, -0.05) is 60.7 Å². The van der Waals surface area contributed by atoms with Gasteiger partial charge in [0.05, 0.1) is 17.9 Å². The minimum absolute atomic E-state index is 0.00769. The van der Waals surface area contributed by atoms with Gasteiger partial charge in [-0.15, -0.1) is 0 Å². The van der Waals surface area contributed by atoms with E-state index in [-0.39, 0.29) is 17.7 Å². The van der Waals surface area contributed by atoms with E-state index in [2.05, 4.69) is 11.9 Å². The van der Waals surface area contributed by atoms with Gasteiger partial charge in [0, 0.05) is 0 Å². The summed E-state index contributed by atoms with van der Waals surface area (Å²) in [6, 6.07) is 19.6. The van der Waals surface area contributed by atoms with Crippen molar-refractivity contribution in [1.82, 2.24) is 9.80 Å². The number of hydrogen-bond donors (Lipinski definition) is 0. The molecule has 0 unspecified atom stereocenters. The Balaban J connectivity index is 1.73. The highest BCUT2D eigenvalue weighted by Gasteiger charge is 2.59. The van der Waals surface area contributed by atoms with Gasteiger partial charge < -0.3 is 4.90 Å². The second kappa shape index (κ2) is 6.69. The lowest BCUT2D eigenvalue weighted by Gasteiger charge is -2.39. The first kappa shape index (κ1) is 17.0. The third-order valence-electron chi connectivity index (χ3n) is 5.93. The zero-order chi connectivity index (χ0) is 18.1. The largest absolute Gasteiger partial charge is 0.306 e. The van der Waals surface area contributed by atoms with E-state index in [0.717, 1.165) is 37.1 Å². The smallest absolute Gasteiger partial charge is 0.238 e. The van der Waals surface area contributed by atoms with Crippen LogP contribution < -0.4 is 0 Å². The van der Waals surface area contributed by atoms with Crippen LogP contribution in [0.3, 0.4) is 0 Å². The van der Waals surface area contributed by atoms with Crippen LogP contribution in [0.1, 0.15) is 29.9 Å². The third-order valence-corrected chi connectivity index (χ3v) is 5.93. The molecule has 1 spiro atoms. The van der Waals surface area contributed by atoms with Crippen LogP contribution in [0.15, 0.2) is 60.7 Å². The van der Waals surface area contributed by atoms with E-state index in [9.17, 15) is 9.59 Å². The first-order chi connectivity index (χ1) is 12.6. The molecular weight excluding hydrogens is 324 g/mol. The van der Waals surface area contributed by atoms with Crippen molar-refractivity contribution in [2.75, 3.05) is 20.1 Å². The second-order valence-corrected chi connectivity index (χ2v) is 7.52. The van der Waals surface area contributed by atoms with Gasteiger partial charge in [-0.25, -0.2) is 0 Å². The van der Waals surface area contributed by atoms with Gasteiger partial charge in [0.1, 0.15) is 0 Å². The summed E-state index contributed by atoms with van der Waals surface area (Å²) in [6.45, 7) is 2.06. The van der Waals surface area contributed by atoms with E-state index in [1.807, 2.05) is 60.7 Å². The van der Waals surface area contributed by atoms with Crippen molar-refractivity contribution >= 4 is 11.8 Å². The maximum atomic E-state index is 13.5. The number of carbonyl (C=O) groups excluding carboxylic acids is 2. The Hall–Kier alpha value is -2.46. The highest BCUT2D eigenvalue weighted by Crippen LogP contribution is 2.51. The fraction of sp³-hybridized carbons (Fsp3) is 0.364. The molecule has 0 aromatic heterocycles. The number of nitrogens with zero attached hydrogens (tertiary/aromatic N) is 2. The SMILES string of the molecule is CN1CCC2(CC1)C(=O)N(Cc1ccccc1)C(=O)[C@@H]2c1ccccc1. The summed E-state index contributed by atoms with van der Waals surface area (Å²) in [5.41, 5.74) is 1.36. The van der Waals surface area contributed by atoms with Crippen molar-refractivity contribution in [1.29, 1.82) is 0 Å². The van der Waals surface area contributed by atoms with Crippen LogP contribution in [-0.4, -0.2) is 41.8 Å². The molecule has 1 atom stereocenters. The van der Waals surface area contributed by atoms with E-state index < -0.39 is 5.41 Å². The summed E-state index contributed by atoms with van der Waals surface area (Å²) >= 11 is 0. The van der Waals surface area contributed by atoms with Gasteiger partial charge in [-0.3, -0.25) is 14.5 Å². The molecule has 26 heavy (non-hydrogen) atoms. The number of imide groups is 1. The van der Waals surface area contributed by atoms with Crippen LogP contribution in [0, 0.1) is 5.41 Å². The predicted octanol–water partition coefficient (Wildman–Crippen LogP) is 3.05. The number of benzene rings is 2. The molecule has 2 amide bonds. The average molecular weight is 348 g/mol. The molecule has 0 bridgehead atoms. The molecule has 2 heterocycles. The van der Waals surface area contributed by atoms with Crippen LogP contribution in [0.5, 0.6) is 0 Å². The summed E-state index contributed by atoms with van der Waals surface area (Å²) in [5, 5.41) is 0. The minimum Gasteiger partial charge on any atom is -0.306 e. The monoisotopic (exact) mass is 348 g/mol. The third kappa shape index (κ3) is 2.74. The van der Waals surface area contributed by atoms with Crippen molar-refractivity contribution in [2.45, 2.75) is 25.3 Å². The van der Waals surface area contributed by atoms with Crippen molar-refractivity contribution in [2.24, 2.45) is 5.41 Å². The molecule has 2 fully saturated rings. The van der Waals surface area contributed by atoms with Crippen LogP contribution in [0.25, 0.3) is 0 Å². The standard InChI is InChI=1S/C22H24N2O2/c1-23-14-12-22(13-15-23)19(18-10-6-3-7-11-18)20(25)24(21(22)26)16-17-8-4-2-5-9-17/h2-11,19H,12-16H2,1H3/t19-/m0/s1. The van der Waals surface area contributed by atoms with E-state index in [1.165, 1.54) is 4.90 Å². The maximum Gasteiger partial charge on any atom is 0.238 e. The predicted molar refractivity (Wildman–Crippen MR) is 100 cm³/mol. The lowest BCUT2D eigenvalue weighted by Crippen LogP contribution is -2.45. The summed E-state index contributed by atoms with van der Waals surface area (Å²) in [4.78, 5) is 30.6. The summed E-state index contributed by atoms with van der Waals surface area (Å²) < 4.78 is 0. The minimum atomic E-state index is -0.597. The van der Waals surface area contributed by atoms with Crippen molar-refractivity contribution in [3.8, 4) is 0 Å². The van der Waals surface area contributed by atoms with Crippen LogP contribution >= 0.6 is 0 Å². The van der Waals surface area contributed by atoms with Gasteiger partial charge >= 0.3 is 0 Å². The Morgan fingerprint density at radius 1 is 0.923 bits per heavy atom. The normalized spacial score (nSPS) is 23.0. The number of rotatable bonds is 3. The average Bonchev–Trinajstić information content (AvgIpc) is 2.87. The Bertz CT molecular complexity index is 795. The number of hydrogen-bond acceptors (Lipinski definition) is 3. The number of piperidine rings is 1. The fourth-order valence-electron chi connectivity index (χ4n) is 4.43. The topological polar surface area (TPSA) is 40.6 Å². The van der Waals surface area contributed by atoms with Crippen LogP contribution in [0.2, 0.25) is 0 Å². The molecule has 4 nitrogen and oxygen atoms in total. The Morgan fingerprint density at radius 2 is 1.50 bits per heavy atom. The molecule has 2 aliphatic heterocycles. The maximum absolute atomic E-state index is 13.5. The van der Waals surface area contributed by atoms with Crippen molar-refractivity contribution < 1.29 is 9.59 Å². The number of likely N-dealkylation sites (tertiary alicyclic amines) is 2. The molecule has 0 saturated carbocycles. The summed E-state index contributed by atoms with van der Waals surface area (Å²) in [5.74, 6) is -0.406. The zero-order valence-electron chi connectivity index (χ0n) is 15.1. The first-order valence-electron chi connectivity index (χ1n) is 9.25. The second-order valence-electron chi connectivity index (χ2n) is 7.52. The Morgan fingerprint density at radius 3 is 2.12 bits per heavy atom. The Labute approximate surface area is 154 Å². The molecular formula is C22H24N2O2. The van der Waals surface area contributed by atoms with Gasteiger partial charge in [0.15, 0.2) is 0 Å². The molecule has 2 saturated heterocycles. The van der Waals surface area contributed by atoms with Gasteiger partial charge in [-0.05, 0) is 44.1 Å². The molecule has 4 rings (SSSR count). The van der Waals surface area contributed by atoms with Gasteiger partial charge in [-0.2, -0.15) is 0 Å². The zero-order valence-corrected chi connectivity index (χ0v) is 15.1. The summed E-state index contributed by atoms with van der Waals surface area (Å²) in [6.07, 6.45) is 1.47.